The van der Waals surface area contributed by atoms with Gasteiger partial charge in [-0.1, -0.05) is 5.10 Å². The number of amides is 1. The Morgan fingerprint density at radius 1 is 1.17 bits per heavy atom. The highest BCUT2D eigenvalue weighted by Crippen LogP contribution is 2.30. The van der Waals surface area contributed by atoms with Gasteiger partial charge in [-0.15, -0.1) is 13.2 Å². The van der Waals surface area contributed by atoms with Crippen molar-refractivity contribution < 1.29 is 31.5 Å². The average Bonchev–Trinajstić information content (AvgIpc) is 3.12. The van der Waals surface area contributed by atoms with Crippen molar-refractivity contribution in [2.24, 2.45) is 0 Å². The largest absolute Gasteiger partial charge is 0.573 e. The fraction of sp³-hybridized carbons (Fsp3) is 0.118. The van der Waals surface area contributed by atoms with Gasteiger partial charge in [-0.05, 0) is 40.8 Å². The van der Waals surface area contributed by atoms with Gasteiger partial charge in [0, 0.05) is 13.0 Å². The molecule has 0 fully saturated rings. The first-order valence-electron chi connectivity index (χ1n) is 7.95. The van der Waals surface area contributed by atoms with Gasteiger partial charge in [0.05, 0.1) is 16.9 Å². The Labute approximate surface area is 164 Å². The Hall–Kier alpha value is -4.08. The van der Waals surface area contributed by atoms with Crippen LogP contribution in [0.4, 0.5) is 33.6 Å². The van der Waals surface area contributed by atoms with E-state index in [0.29, 0.717) is 17.0 Å². The number of ether oxygens (including phenoxy) is 1. The molecule has 154 valence electrons. The molecule has 0 N–H and O–H groups in total. The first kappa shape index (κ1) is 20.6. The van der Waals surface area contributed by atoms with Crippen molar-refractivity contribution in [1.29, 1.82) is 5.26 Å². The lowest BCUT2D eigenvalue weighted by Crippen LogP contribution is -2.27. The number of alkyl halides is 3. The lowest BCUT2D eigenvalue weighted by molar-refractivity contribution is -0.274. The third kappa shape index (κ3) is 4.17. The van der Waals surface area contributed by atoms with Gasteiger partial charge in [-0.3, -0.25) is 4.79 Å². The molecule has 0 bridgehead atoms. The van der Waals surface area contributed by atoms with Gasteiger partial charge in [-0.25, -0.2) is 13.7 Å². The van der Waals surface area contributed by atoms with E-state index in [1.165, 1.54) is 6.07 Å². The fourth-order valence-electron chi connectivity index (χ4n) is 2.49. The van der Waals surface area contributed by atoms with E-state index in [1.807, 2.05) is 0 Å². The Morgan fingerprint density at radius 2 is 1.83 bits per heavy atom. The van der Waals surface area contributed by atoms with Crippen LogP contribution in [0.1, 0.15) is 12.5 Å². The van der Waals surface area contributed by atoms with E-state index in [9.17, 15) is 26.7 Å². The fourth-order valence-corrected chi connectivity index (χ4v) is 2.49. The van der Waals surface area contributed by atoms with Crippen LogP contribution in [0.3, 0.4) is 0 Å². The van der Waals surface area contributed by atoms with Crippen molar-refractivity contribution in [2.75, 3.05) is 4.90 Å². The van der Waals surface area contributed by atoms with Gasteiger partial charge >= 0.3 is 6.36 Å². The summed E-state index contributed by atoms with van der Waals surface area (Å²) < 4.78 is 70.0. The molecule has 0 aliphatic heterocycles. The van der Waals surface area contributed by atoms with Crippen molar-refractivity contribution >= 4 is 17.5 Å². The van der Waals surface area contributed by atoms with Gasteiger partial charge < -0.3 is 4.74 Å². The smallest absolute Gasteiger partial charge is 0.406 e. The summed E-state index contributed by atoms with van der Waals surface area (Å²) in [5, 5.41) is 19.4. The molecule has 0 saturated carbocycles. The molecular formula is C17H9F5N6O2. The van der Waals surface area contributed by atoms with Crippen LogP contribution in [0.25, 0.3) is 5.69 Å². The zero-order valence-electron chi connectivity index (χ0n) is 14.9. The number of rotatable bonds is 4. The molecule has 0 unspecified atom stereocenters. The highest BCUT2D eigenvalue weighted by Gasteiger charge is 2.31. The first-order chi connectivity index (χ1) is 14.1. The van der Waals surface area contributed by atoms with E-state index >= 15 is 0 Å². The number of nitriles is 1. The molecule has 1 aromatic heterocycles. The Balaban J connectivity index is 2.05. The number of hydrogen-bond acceptors (Lipinski definition) is 6. The predicted molar refractivity (Wildman–Crippen MR) is 89.7 cm³/mol. The van der Waals surface area contributed by atoms with E-state index in [0.717, 1.165) is 35.9 Å². The van der Waals surface area contributed by atoms with Crippen LogP contribution in [0.2, 0.25) is 0 Å². The van der Waals surface area contributed by atoms with Crippen LogP contribution in [-0.4, -0.2) is 32.5 Å². The Bertz CT molecular complexity index is 1140. The van der Waals surface area contributed by atoms with E-state index in [4.69, 9.17) is 5.26 Å². The molecule has 30 heavy (non-hydrogen) atoms. The Kier molecular flexibility index (Phi) is 5.33. The number of aromatic nitrogens is 4. The van der Waals surface area contributed by atoms with Gasteiger partial charge in [0.2, 0.25) is 5.91 Å². The number of hydrogen-bond donors (Lipinski definition) is 0. The zero-order chi connectivity index (χ0) is 22.1. The maximum absolute atomic E-state index is 14.5. The molecule has 0 aliphatic carbocycles. The predicted octanol–water partition coefficient (Wildman–Crippen LogP) is 3.40. The van der Waals surface area contributed by atoms with Crippen LogP contribution in [-0.2, 0) is 4.79 Å². The van der Waals surface area contributed by atoms with Crippen LogP contribution in [0, 0.1) is 23.0 Å². The number of halogens is 5. The summed E-state index contributed by atoms with van der Waals surface area (Å²) in [7, 11) is 0. The highest BCUT2D eigenvalue weighted by molar-refractivity contribution is 5.97. The molecule has 3 rings (SSSR count). The van der Waals surface area contributed by atoms with Crippen LogP contribution >= 0.6 is 0 Å². The second-order valence-electron chi connectivity index (χ2n) is 5.68. The molecule has 0 radical (unpaired) electrons. The number of benzene rings is 2. The summed E-state index contributed by atoms with van der Waals surface area (Å²) in [6.07, 6.45) is -4.88. The summed E-state index contributed by atoms with van der Waals surface area (Å²) in [4.78, 5) is 12.8. The van der Waals surface area contributed by atoms with Crippen molar-refractivity contribution in [3.05, 3.63) is 53.6 Å². The standard InChI is InChI=1S/C17H9F5N6O2/c1-9(29)27(15-7-13(18)10(8-23)6-14(15)19)16-24-25-26-28(16)11-2-4-12(5-3-11)30-17(20,21)22/h2-7H,1H3. The van der Waals surface area contributed by atoms with E-state index in [-0.39, 0.29) is 11.6 Å². The van der Waals surface area contributed by atoms with Gasteiger partial charge in [0.25, 0.3) is 5.95 Å². The first-order valence-corrected chi connectivity index (χ1v) is 7.95. The van der Waals surface area contributed by atoms with Crippen molar-refractivity contribution in [1.82, 2.24) is 20.2 Å². The van der Waals surface area contributed by atoms with E-state index in [1.54, 1.807) is 0 Å². The van der Waals surface area contributed by atoms with Crippen molar-refractivity contribution in [3.8, 4) is 17.5 Å². The number of anilines is 2. The minimum atomic E-state index is -4.88. The summed E-state index contributed by atoms with van der Waals surface area (Å²) in [5.41, 5.74) is -1.03. The molecule has 0 atom stereocenters. The molecular weight excluding hydrogens is 415 g/mol. The zero-order valence-corrected chi connectivity index (χ0v) is 14.9. The van der Waals surface area contributed by atoms with Gasteiger partial charge in [-0.2, -0.15) is 9.94 Å². The summed E-state index contributed by atoms with van der Waals surface area (Å²) in [6.45, 7) is 1.04. The Morgan fingerprint density at radius 3 is 2.40 bits per heavy atom. The molecule has 0 aliphatic rings. The molecule has 0 saturated heterocycles. The molecule has 3 aromatic rings. The maximum Gasteiger partial charge on any atom is 0.573 e. The normalized spacial score (nSPS) is 11.1. The summed E-state index contributed by atoms with van der Waals surface area (Å²) in [6, 6.07) is 7.00. The number of carbonyl (C=O) groups excluding carboxylic acids is 1. The third-order valence-corrected chi connectivity index (χ3v) is 3.68. The minimum Gasteiger partial charge on any atom is -0.406 e. The van der Waals surface area contributed by atoms with Crippen LogP contribution in [0.5, 0.6) is 5.75 Å². The number of nitrogens with zero attached hydrogens (tertiary/aromatic N) is 6. The second kappa shape index (κ2) is 7.74. The highest BCUT2D eigenvalue weighted by atomic mass is 19.4. The molecule has 13 heteroatoms. The second-order valence-corrected chi connectivity index (χ2v) is 5.68. The SMILES string of the molecule is CC(=O)N(c1cc(F)c(C#N)cc1F)c1nnnn1-c1ccc(OC(F)(F)F)cc1. The van der Waals surface area contributed by atoms with Crippen LogP contribution in [0.15, 0.2) is 36.4 Å². The monoisotopic (exact) mass is 424 g/mol. The summed E-state index contributed by atoms with van der Waals surface area (Å²) >= 11 is 0. The summed E-state index contributed by atoms with van der Waals surface area (Å²) in [5.74, 6) is -3.84. The van der Waals surface area contributed by atoms with E-state index < -0.39 is 40.9 Å². The molecule has 8 nitrogen and oxygen atoms in total. The number of carbonyl (C=O) groups is 1. The quantitative estimate of drug-likeness (QED) is 0.596. The third-order valence-electron chi connectivity index (χ3n) is 3.68. The van der Waals surface area contributed by atoms with Gasteiger partial charge in [0.15, 0.2) is 0 Å². The molecule has 0 spiro atoms. The minimum absolute atomic E-state index is 0.102. The molecule has 2 aromatic carbocycles. The lowest BCUT2D eigenvalue weighted by Gasteiger charge is -2.20. The molecule has 1 amide bonds. The van der Waals surface area contributed by atoms with Crippen molar-refractivity contribution in [2.45, 2.75) is 13.3 Å². The lowest BCUT2D eigenvalue weighted by atomic mass is 10.2. The topological polar surface area (TPSA) is 96.9 Å². The van der Waals surface area contributed by atoms with Crippen LogP contribution < -0.4 is 9.64 Å². The number of tetrazole rings is 1. The van der Waals surface area contributed by atoms with Crippen molar-refractivity contribution in [3.63, 3.8) is 0 Å². The molecule has 1 heterocycles. The van der Waals surface area contributed by atoms with Gasteiger partial charge in [0.1, 0.15) is 23.5 Å². The van der Waals surface area contributed by atoms with E-state index in [2.05, 4.69) is 20.3 Å². The average molecular weight is 424 g/mol. The maximum atomic E-state index is 14.5.